The monoisotopic (exact) mass is 450 g/mol. The number of nitrogens with zero attached hydrogens (tertiary/aromatic N) is 2. The number of rotatable bonds is 6. The number of esters is 1. The van der Waals surface area contributed by atoms with Crippen LogP contribution in [0, 0.1) is 0 Å². The van der Waals surface area contributed by atoms with E-state index < -0.39 is 17.8 Å². The topological polar surface area (TPSA) is 122 Å². The first kappa shape index (κ1) is 21.2. The Morgan fingerprint density at radius 3 is 2.56 bits per heavy atom. The number of ether oxygens (including phenoxy) is 1. The number of amides is 2. The molecule has 0 atom stereocenters. The molecule has 162 valence electrons. The summed E-state index contributed by atoms with van der Waals surface area (Å²) < 4.78 is 6.33. The van der Waals surface area contributed by atoms with E-state index in [2.05, 4.69) is 15.6 Å². The number of thiocarbonyl (C=S) groups is 1. The Morgan fingerprint density at radius 1 is 1.19 bits per heavy atom. The second-order valence-corrected chi connectivity index (χ2v) is 7.25. The predicted molar refractivity (Wildman–Crippen MR) is 122 cm³/mol. The average molecular weight is 450 g/mol. The predicted octanol–water partition coefficient (Wildman–Crippen LogP) is 2.37. The highest BCUT2D eigenvalue weighted by atomic mass is 32.1. The van der Waals surface area contributed by atoms with Crippen molar-refractivity contribution in [2.75, 3.05) is 11.9 Å². The molecule has 9 nitrogen and oxygen atoms in total. The molecule has 2 aromatic carbocycles. The van der Waals surface area contributed by atoms with E-state index in [9.17, 15) is 19.5 Å². The summed E-state index contributed by atoms with van der Waals surface area (Å²) in [7, 11) is 0. The van der Waals surface area contributed by atoms with Gasteiger partial charge in [-0.25, -0.2) is 9.79 Å². The zero-order valence-electron chi connectivity index (χ0n) is 16.9. The SMILES string of the molecule is CCOC(=O)c1ccc(NC(=O)Cn2c(O)c(C3=NC(=S)NC3=O)c3ccccc32)cc1. The summed E-state index contributed by atoms with van der Waals surface area (Å²) in [6.07, 6.45) is 0. The fourth-order valence-corrected chi connectivity index (χ4v) is 3.62. The van der Waals surface area contributed by atoms with Crippen LogP contribution in [0.5, 0.6) is 5.88 Å². The number of aromatic hydroxyl groups is 1. The number of hydrogen-bond acceptors (Lipinski definition) is 6. The minimum absolute atomic E-state index is 0.00240. The molecule has 2 heterocycles. The molecule has 0 radical (unpaired) electrons. The Labute approximate surface area is 187 Å². The fraction of sp³-hybridized carbons (Fsp3) is 0.136. The first-order valence-electron chi connectivity index (χ1n) is 9.70. The molecule has 1 aliphatic heterocycles. The van der Waals surface area contributed by atoms with Crippen LogP contribution in [0.1, 0.15) is 22.8 Å². The van der Waals surface area contributed by atoms with Gasteiger partial charge >= 0.3 is 5.97 Å². The van der Waals surface area contributed by atoms with Crippen molar-refractivity contribution in [3.63, 3.8) is 0 Å². The van der Waals surface area contributed by atoms with Gasteiger partial charge in [-0.15, -0.1) is 0 Å². The number of anilines is 1. The lowest BCUT2D eigenvalue weighted by atomic mass is 10.1. The quantitative estimate of drug-likeness (QED) is 0.392. The van der Waals surface area contributed by atoms with E-state index in [0.717, 1.165) is 0 Å². The highest BCUT2D eigenvalue weighted by Crippen LogP contribution is 2.32. The molecule has 0 spiro atoms. The van der Waals surface area contributed by atoms with Crippen molar-refractivity contribution in [3.8, 4) is 5.88 Å². The van der Waals surface area contributed by atoms with E-state index in [-0.39, 0.29) is 35.4 Å². The summed E-state index contributed by atoms with van der Waals surface area (Å²) >= 11 is 4.93. The second kappa shape index (κ2) is 8.60. The summed E-state index contributed by atoms with van der Waals surface area (Å²) in [5.74, 6) is -1.64. The summed E-state index contributed by atoms with van der Waals surface area (Å²) in [6, 6.07) is 13.2. The summed E-state index contributed by atoms with van der Waals surface area (Å²) in [5, 5.41) is 16.6. The average Bonchev–Trinajstić information content (AvgIpc) is 3.24. The third-order valence-electron chi connectivity index (χ3n) is 4.81. The Balaban J connectivity index is 1.60. The summed E-state index contributed by atoms with van der Waals surface area (Å²) in [5.41, 5.74) is 1.62. The molecule has 4 rings (SSSR count). The highest BCUT2D eigenvalue weighted by molar-refractivity contribution is 7.80. The van der Waals surface area contributed by atoms with Gasteiger partial charge in [-0.3, -0.25) is 14.9 Å². The van der Waals surface area contributed by atoms with Crippen LogP contribution in [0.15, 0.2) is 53.5 Å². The van der Waals surface area contributed by atoms with E-state index in [4.69, 9.17) is 17.0 Å². The molecule has 0 aliphatic carbocycles. The first-order valence-corrected chi connectivity index (χ1v) is 10.1. The van der Waals surface area contributed by atoms with Crippen molar-refractivity contribution < 1.29 is 24.2 Å². The van der Waals surface area contributed by atoms with E-state index in [0.29, 0.717) is 22.2 Å². The van der Waals surface area contributed by atoms with Gasteiger partial charge in [0.2, 0.25) is 16.9 Å². The van der Waals surface area contributed by atoms with Crippen LogP contribution >= 0.6 is 12.2 Å². The number of nitrogens with one attached hydrogen (secondary N) is 2. The molecule has 3 aromatic rings. The van der Waals surface area contributed by atoms with Gasteiger partial charge < -0.3 is 19.7 Å². The molecule has 0 unspecified atom stereocenters. The number of para-hydroxylation sites is 1. The standard InChI is InChI=1S/C22H18N4O5S/c1-2-31-21(30)12-7-9-13(10-8-12)23-16(27)11-26-15-6-4-3-5-14(15)17(20(26)29)18-19(28)25-22(32)24-18/h3-10,29H,2,11H2,1H3,(H,23,27)(H,25,28,32). The van der Waals surface area contributed by atoms with Crippen LogP contribution < -0.4 is 10.6 Å². The molecule has 0 saturated heterocycles. The van der Waals surface area contributed by atoms with Crippen molar-refractivity contribution in [2.45, 2.75) is 13.5 Å². The molecular weight excluding hydrogens is 432 g/mol. The third kappa shape index (κ3) is 3.95. The molecule has 0 fully saturated rings. The van der Waals surface area contributed by atoms with Crippen LogP contribution in [0.3, 0.4) is 0 Å². The molecule has 3 N–H and O–H groups in total. The Kier molecular flexibility index (Phi) is 5.69. The van der Waals surface area contributed by atoms with Crippen LogP contribution in [0.2, 0.25) is 0 Å². The molecular formula is C22H18N4O5S. The number of carbonyl (C=O) groups excluding carboxylic acids is 3. The Morgan fingerprint density at radius 2 is 1.91 bits per heavy atom. The largest absolute Gasteiger partial charge is 0.494 e. The highest BCUT2D eigenvalue weighted by Gasteiger charge is 2.30. The molecule has 2 amide bonds. The maximum atomic E-state index is 12.7. The van der Waals surface area contributed by atoms with Crippen LogP contribution in [-0.2, 0) is 20.9 Å². The maximum absolute atomic E-state index is 12.7. The van der Waals surface area contributed by atoms with Crippen LogP contribution in [0.25, 0.3) is 10.9 Å². The van der Waals surface area contributed by atoms with Crippen molar-refractivity contribution in [2.24, 2.45) is 4.99 Å². The van der Waals surface area contributed by atoms with Gasteiger partial charge in [-0.1, -0.05) is 18.2 Å². The van der Waals surface area contributed by atoms with Gasteiger partial charge in [-0.2, -0.15) is 0 Å². The Bertz CT molecular complexity index is 1290. The van der Waals surface area contributed by atoms with Crippen LogP contribution in [-0.4, -0.2) is 44.9 Å². The molecule has 10 heteroatoms. The smallest absolute Gasteiger partial charge is 0.338 e. The van der Waals surface area contributed by atoms with Gasteiger partial charge in [0, 0.05) is 11.1 Å². The number of carbonyl (C=O) groups is 3. The van der Waals surface area contributed by atoms with Crippen molar-refractivity contribution in [1.82, 2.24) is 9.88 Å². The van der Waals surface area contributed by atoms with Crippen molar-refractivity contribution >= 4 is 57.4 Å². The minimum Gasteiger partial charge on any atom is -0.494 e. The fourth-order valence-electron chi connectivity index (χ4n) is 3.44. The molecule has 1 aromatic heterocycles. The number of aliphatic imine (C=N–C) groups is 1. The van der Waals surface area contributed by atoms with Crippen molar-refractivity contribution in [1.29, 1.82) is 0 Å². The molecule has 1 aliphatic rings. The third-order valence-corrected chi connectivity index (χ3v) is 5.00. The Hall–Kier alpha value is -4.05. The first-order chi connectivity index (χ1) is 15.4. The van der Waals surface area contributed by atoms with E-state index >= 15 is 0 Å². The lowest BCUT2D eigenvalue weighted by Gasteiger charge is -2.09. The minimum atomic E-state index is -0.514. The summed E-state index contributed by atoms with van der Waals surface area (Å²) in [4.78, 5) is 40.7. The number of hydrogen-bond donors (Lipinski definition) is 3. The summed E-state index contributed by atoms with van der Waals surface area (Å²) in [6.45, 7) is 1.77. The normalized spacial score (nSPS) is 13.1. The van der Waals surface area contributed by atoms with Gasteiger partial charge in [0.15, 0.2) is 0 Å². The van der Waals surface area contributed by atoms with Crippen LogP contribution in [0.4, 0.5) is 5.69 Å². The lowest BCUT2D eigenvalue weighted by molar-refractivity contribution is -0.116. The van der Waals surface area contributed by atoms with Gasteiger partial charge in [0.1, 0.15) is 12.3 Å². The number of fused-ring (bicyclic) bond motifs is 1. The van der Waals surface area contributed by atoms with Gasteiger partial charge in [0.25, 0.3) is 5.91 Å². The van der Waals surface area contributed by atoms with E-state index in [1.54, 1.807) is 55.5 Å². The zero-order valence-corrected chi connectivity index (χ0v) is 17.7. The molecule has 0 bridgehead atoms. The maximum Gasteiger partial charge on any atom is 0.338 e. The molecule has 32 heavy (non-hydrogen) atoms. The zero-order chi connectivity index (χ0) is 22.8. The lowest BCUT2D eigenvalue weighted by Crippen LogP contribution is -2.25. The number of aromatic nitrogens is 1. The van der Waals surface area contributed by atoms with Crippen molar-refractivity contribution in [3.05, 3.63) is 59.7 Å². The number of benzene rings is 2. The van der Waals surface area contributed by atoms with E-state index in [1.165, 1.54) is 4.57 Å². The van der Waals surface area contributed by atoms with Gasteiger partial charge in [0.05, 0.1) is 23.3 Å². The van der Waals surface area contributed by atoms with Gasteiger partial charge in [-0.05, 0) is 49.5 Å². The second-order valence-electron chi connectivity index (χ2n) is 6.87. The molecule has 0 saturated carbocycles. The van der Waals surface area contributed by atoms with E-state index in [1.807, 2.05) is 0 Å².